The SMILES string of the molecule is Cc1ccc(C(=O)N2CCC(NC(=O)NCC(C)(C)C)C2)cn1. The monoisotopic (exact) mass is 318 g/mol. The van der Waals surface area contributed by atoms with Gasteiger partial charge in [-0.05, 0) is 30.9 Å². The molecular weight excluding hydrogens is 292 g/mol. The number of carbonyl (C=O) groups excluding carboxylic acids is 2. The number of carbonyl (C=O) groups is 2. The Labute approximate surface area is 137 Å². The van der Waals surface area contributed by atoms with E-state index in [4.69, 9.17) is 0 Å². The molecule has 1 saturated heterocycles. The number of hydrogen-bond acceptors (Lipinski definition) is 3. The zero-order valence-corrected chi connectivity index (χ0v) is 14.3. The van der Waals surface area contributed by atoms with Gasteiger partial charge in [-0.25, -0.2) is 4.79 Å². The first-order valence-corrected chi connectivity index (χ1v) is 8.01. The number of aromatic nitrogens is 1. The Morgan fingerprint density at radius 3 is 2.70 bits per heavy atom. The van der Waals surface area contributed by atoms with E-state index in [0.29, 0.717) is 25.2 Å². The number of urea groups is 1. The minimum absolute atomic E-state index is 0.00248. The highest BCUT2D eigenvalue weighted by atomic mass is 16.2. The molecule has 2 rings (SSSR count). The normalized spacial score (nSPS) is 17.9. The van der Waals surface area contributed by atoms with Gasteiger partial charge in [-0.3, -0.25) is 9.78 Å². The summed E-state index contributed by atoms with van der Waals surface area (Å²) in [6.07, 6.45) is 2.38. The van der Waals surface area contributed by atoms with Crippen LogP contribution in [0, 0.1) is 12.3 Å². The van der Waals surface area contributed by atoms with Crippen molar-refractivity contribution in [2.45, 2.75) is 40.2 Å². The van der Waals surface area contributed by atoms with Crippen LogP contribution in [0.4, 0.5) is 4.79 Å². The van der Waals surface area contributed by atoms with Gasteiger partial charge in [0.15, 0.2) is 0 Å². The Morgan fingerprint density at radius 1 is 1.35 bits per heavy atom. The zero-order valence-electron chi connectivity index (χ0n) is 14.3. The van der Waals surface area contributed by atoms with Gasteiger partial charge in [-0.15, -0.1) is 0 Å². The molecule has 0 saturated carbocycles. The molecule has 0 aromatic carbocycles. The Morgan fingerprint density at radius 2 is 2.09 bits per heavy atom. The van der Waals surface area contributed by atoms with E-state index in [1.54, 1.807) is 17.2 Å². The van der Waals surface area contributed by atoms with E-state index >= 15 is 0 Å². The van der Waals surface area contributed by atoms with E-state index in [-0.39, 0.29) is 23.4 Å². The molecule has 23 heavy (non-hydrogen) atoms. The van der Waals surface area contributed by atoms with E-state index in [1.165, 1.54) is 0 Å². The van der Waals surface area contributed by atoms with Gasteiger partial charge >= 0.3 is 6.03 Å². The van der Waals surface area contributed by atoms with Gasteiger partial charge in [-0.1, -0.05) is 20.8 Å². The predicted molar refractivity (Wildman–Crippen MR) is 89.3 cm³/mol. The lowest BCUT2D eigenvalue weighted by atomic mass is 9.97. The highest BCUT2D eigenvalue weighted by Crippen LogP contribution is 2.14. The minimum Gasteiger partial charge on any atom is -0.338 e. The van der Waals surface area contributed by atoms with E-state index in [2.05, 4.69) is 36.4 Å². The van der Waals surface area contributed by atoms with Crippen molar-refractivity contribution in [1.82, 2.24) is 20.5 Å². The Hall–Kier alpha value is -2.11. The average molecular weight is 318 g/mol. The van der Waals surface area contributed by atoms with Crippen molar-refractivity contribution >= 4 is 11.9 Å². The van der Waals surface area contributed by atoms with E-state index in [9.17, 15) is 9.59 Å². The molecule has 1 aliphatic rings. The fourth-order valence-electron chi connectivity index (χ4n) is 2.42. The summed E-state index contributed by atoms with van der Waals surface area (Å²) in [7, 11) is 0. The van der Waals surface area contributed by atoms with Crippen LogP contribution in [0.3, 0.4) is 0 Å². The first-order chi connectivity index (χ1) is 10.7. The number of hydrogen-bond donors (Lipinski definition) is 2. The van der Waals surface area contributed by atoms with Crippen LogP contribution in [-0.4, -0.2) is 47.5 Å². The number of amides is 3. The number of pyridine rings is 1. The molecule has 1 atom stereocenters. The van der Waals surface area contributed by atoms with Crippen LogP contribution in [0.5, 0.6) is 0 Å². The number of aryl methyl sites for hydroxylation is 1. The van der Waals surface area contributed by atoms with Crippen molar-refractivity contribution in [2.24, 2.45) is 5.41 Å². The van der Waals surface area contributed by atoms with Gasteiger partial charge in [0, 0.05) is 37.6 Å². The molecule has 2 heterocycles. The summed E-state index contributed by atoms with van der Waals surface area (Å²) in [6, 6.07) is 3.45. The fourth-order valence-corrected chi connectivity index (χ4v) is 2.42. The molecule has 0 aliphatic carbocycles. The lowest BCUT2D eigenvalue weighted by Crippen LogP contribution is -2.45. The molecule has 2 N–H and O–H groups in total. The van der Waals surface area contributed by atoms with Gasteiger partial charge in [-0.2, -0.15) is 0 Å². The third-order valence-electron chi connectivity index (χ3n) is 3.75. The molecule has 6 heteroatoms. The summed E-state index contributed by atoms with van der Waals surface area (Å²) in [6.45, 7) is 9.90. The number of likely N-dealkylation sites (tertiary alicyclic amines) is 1. The van der Waals surface area contributed by atoms with Crippen molar-refractivity contribution in [2.75, 3.05) is 19.6 Å². The van der Waals surface area contributed by atoms with Crippen molar-refractivity contribution in [3.63, 3.8) is 0 Å². The van der Waals surface area contributed by atoms with Gasteiger partial charge < -0.3 is 15.5 Å². The predicted octanol–water partition coefficient (Wildman–Crippen LogP) is 1.95. The molecule has 0 spiro atoms. The lowest BCUT2D eigenvalue weighted by Gasteiger charge is -2.21. The Bertz CT molecular complexity index is 563. The summed E-state index contributed by atoms with van der Waals surface area (Å²) in [4.78, 5) is 30.2. The first-order valence-electron chi connectivity index (χ1n) is 8.01. The van der Waals surface area contributed by atoms with Crippen molar-refractivity contribution < 1.29 is 9.59 Å². The third kappa shape index (κ3) is 5.23. The molecule has 3 amide bonds. The van der Waals surface area contributed by atoms with Gasteiger partial charge in [0.1, 0.15) is 0 Å². The number of nitrogens with zero attached hydrogens (tertiary/aromatic N) is 2. The molecule has 1 aliphatic heterocycles. The quantitative estimate of drug-likeness (QED) is 0.894. The second-order valence-electron chi connectivity index (χ2n) is 7.31. The topological polar surface area (TPSA) is 74.3 Å². The smallest absolute Gasteiger partial charge is 0.315 e. The summed E-state index contributed by atoms with van der Waals surface area (Å²) < 4.78 is 0. The van der Waals surface area contributed by atoms with Crippen LogP contribution in [0.25, 0.3) is 0 Å². The Kier molecular flexibility index (Phi) is 5.23. The lowest BCUT2D eigenvalue weighted by molar-refractivity contribution is 0.0789. The summed E-state index contributed by atoms with van der Waals surface area (Å²) in [5.74, 6) is -0.0306. The summed E-state index contributed by atoms with van der Waals surface area (Å²) in [5.41, 5.74) is 1.53. The van der Waals surface area contributed by atoms with Gasteiger partial charge in [0.05, 0.1) is 5.56 Å². The highest BCUT2D eigenvalue weighted by molar-refractivity contribution is 5.94. The number of nitrogens with one attached hydrogen (secondary N) is 2. The van der Waals surface area contributed by atoms with Crippen LogP contribution in [0.1, 0.15) is 43.2 Å². The molecule has 1 aromatic heterocycles. The molecule has 1 fully saturated rings. The Balaban J connectivity index is 1.82. The standard InChI is InChI=1S/C17H26N4O2/c1-12-5-6-13(9-18-12)15(22)21-8-7-14(10-21)20-16(23)19-11-17(2,3)4/h5-6,9,14H,7-8,10-11H2,1-4H3,(H2,19,20,23). The maximum atomic E-state index is 12.4. The molecule has 0 radical (unpaired) electrons. The maximum absolute atomic E-state index is 12.4. The summed E-state index contributed by atoms with van der Waals surface area (Å²) in [5, 5.41) is 5.81. The van der Waals surface area contributed by atoms with Gasteiger partial charge in [0.25, 0.3) is 5.91 Å². The van der Waals surface area contributed by atoms with E-state index in [1.807, 2.05) is 13.0 Å². The molecule has 1 unspecified atom stereocenters. The second-order valence-corrected chi connectivity index (χ2v) is 7.31. The van der Waals surface area contributed by atoms with Crippen LogP contribution in [0.15, 0.2) is 18.3 Å². The minimum atomic E-state index is -0.170. The molecule has 126 valence electrons. The third-order valence-corrected chi connectivity index (χ3v) is 3.75. The average Bonchev–Trinajstić information content (AvgIpc) is 2.93. The van der Waals surface area contributed by atoms with E-state index < -0.39 is 0 Å². The maximum Gasteiger partial charge on any atom is 0.315 e. The van der Waals surface area contributed by atoms with Crippen molar-refractivity contribution in [3.8, 4) is 0 Å². The van der Waals surface area contributed by atoms with Crippen LogP contribution in [0.2, 0.25) is 0 Å². The number of rotatable bonds is 3. The van der Waals surface area contributed by atoms with Crippen molar-refractivity contribution in [1.29, 1.82) is 0 Å². The van der Waals surface area contributed by atoms with Crippen LogP contribution < -0.4 is 10.6 Å². The highest BCUT2D eigenvalue weighted by Gasteiger charge is 2.28. The largest absolute Gasteiger partial charge is 0.338 e. The fraction of sp³-hybridized carbons (Fsp3) is 0.588. The molecule has 1 aromatic rings. The van der Waals surface area contributed by atoms with E-state index in [0.717, 1.165) is 12.1 Å². The van der Waals surface area contributed by atoms with Crippen molar-refractivity contribution in [3.05, 3.63) is 29.6 Å². The zero-order chi connectivity index (χ0) is 17.0. The van der Waals surface area contributed by atoms with Gasteiger partial charge in [0.2, 0.25) is 0 Å². The second kappa shape index (κ2) is 6.98. The van der Waals surface area contributed by atoms with Crippen LogP contribution >= 0.6 is 0 Å². The molecular formula is C17H26N4O2. The van der Waals surface area contributed by atoms with Crippen LogP contribution in [-0.2, 0) is 0 Å². The first kappa shape index (κ1) is 17.2. The molecule has 0 bridgehead atoms. The molecule has 6 nitrogen and oxygen atoms in total. The summed E-state index contributed by atoms with van der Waals surface area (Å²) >= 11 is 0.